The van der Waals surface area contributed by atoms with Gasteiger partial charge in [0, 0.05) is 25.9 Å². The summed E-state index contributed by atoms with van der Waals surface area (Å²) in [6.45, 7) is 3.19. The van der Waals surface area contributed by atoms with E-state index in [4.69, 9.17) is 0 Å². The van der Waals surface area contributed by atoms with Gasteiger partial charge < -0.3 is 10.6 Å². The first kappa shape index (κ1) is 14.8. The second-order valence-electron chi connectivity index (χ2n) is 4.58. The lowest BCUT2D eigenvalue weighted by atomic mass is 10.3. The topological polar surface area (TPSA) is 97.9 Å². The van der Waals surface area contributed by atoms with Crippen LogP contribution in [-0.4, -0.2) is 26.2 Å². The molecule has 0 aliphatic rings. The summed E-state index contributed by atoms with van der Waals surface area (Å²) in [6.07, 6.45) is 2.77. The van der Waals surface area contributed by atoms with Gasteiger partial charge in [0.2, 0.25) is 5.82 Å². The molecule has 0 radical (unpaired) electrons. The van der Waals surface area contributed by atoms with Crippen LogP contribution >= 0.6 is 0 Å². The molecule has 112 valence electrons. The highest BCUT2D eigenvalue weighted by Crippen LogP contribution is 2.24. The van der Waals surface area contributed by atoms with Gasteiger partial charge in [-0.1, -0.05) is 6.92 Å². The minimum Gasteiger partial charge on any atom is -0.370 e. The average Bonchev–Trinajstić information content (AvgIpc) is 2.88. The van der Waals surface area contributed by atoms with Gasteiger partial charge in [-0.05, 0) is 18.6 Å². The highest BCUT2D eigenvalue weighted by atomic mass is 16.6. The Labute approximate surface area is 122 Å². The standard InChI is InChI=1S/C13H18N6O2/c1-3-7-14-12-5-4-11(19(20)21)13(16-12)15-9-10-6-8-18(2)17-10/h4-6,8H,3,7,9H2,1-2H3,(H2,14,15,16). The van der Waals surface area contributed by atoms with Gasteiger partial charge in [0.1, 0.15) is 5.82 Å². The Morgan fingerprint density at radius 3 is 2.76 bits per heavy atom. The minimum atomic E-state index is -0.447. The predicted octanol–water partition coefficient (Wildman–Crippen LogP) is 2.16. The number of nitro groups is 1. The molecule has 0 spiro atoms. The minimum absolute atomic E-state index is 0.0482. The van der Waals surface area contributed by atoms with Crippen LogP contribution in [0.1, 0.15) is 19.0 Å². The number of nitrogens with one attached hydrogen (secondary N) is 2. The molecule has 0 bridgehead atoms. The van der Waals surface area contributed by atoms with Crippen LogP contribution in [-0.2, 0) is 13.6 Å². The van der Waals surface area contributed by atoms with Crippen molar-refractivity contribution < 1.29 is 4.92 Å². The quantitative estimate of drug-likeness (QED) is 0.599. The lowest BCUT2D eigenvalue weighted by molar-refractivity contribution is -0.384. The summed E-state index contributed by atoms with van der Waals surface area (Å²) in [4.78, 5) is 14.9. The Morgan fingerprint density at radius 1 is 1.33 bits per heavy atom. The summed E-state index contributed by atoms with van der Waals surface area (Å²) in [5.74, 6) is 0.859. The van der Waals surface area contributed by atoms with Crippen molar-refractivity contribution >= 4 is 17.3 Å². The Kier molecular flexibility index (Phi) is 4.70. The van der Waals surface area contributed by atoms with E-state index in [1.807, 2.05) is 26.2 Å². The van der Waals surface area contributed by atoms with Gasteiger partial charge in [0.25, 0.3) is 0 Å². The fraction of sp³-hybridized carbons (Fsp3) is 0.385. The molecule has 2 aromatic rings. The number of nitrogens with zero attached hydrogens (tertiary/aromatic N) is 4. The molecule has 0 saturated carbocycles. The number of aryl methyl sites for hydroxylation is 1. The molecule has 0 aliphatic carbocycles. The molecule has 8 nitrogen and oxygen atoms in total. The highest BCUT2D eigenvalue weighted by molar-refractivity contribution is 5.60. The fourth-order valence-corrected chi connectivity index (χ4v) is 1.81. The molecule has 0 atom stereocenters. The van der Waals surface area contributed by atoms with Crippen molar-refractivity contribution in [3.8, 4) is 0 Å². The predicted molar refractivity (Wildman–Crippen MR) is 80.2 cm³/mol. The van der Waals surface area contributed by atoms with Crippen LogP contribution in [0.15, 0.2) is 24.4 Å². The van der Waals surface area contributed by atoms with E-state index in [1.165, 1.54) is 6.07 Å². The van der Waals surface area contributed by atoms with Crippen LogP contribution in [0.3, 0.4) is 0 Å². The van der Waals surface area contributed by atoms with E-state index in [-0.39, 0.29) is 11.5 Å². The van der Waals surface area contributed by atoms with E-state index >= 15 is 0 Å². The SMILES string of the molecule is CCCNc1ccc([N+](=O)[O-])c(NCc2ccn(C)n2)n1. The second kappa shape index (κ2) is 6.69. The Hall–Kier alpha value is -2.64. The Morgan fingerprint density at radius 2 is 2.14 bits per heavy atom. The Balaban J connectivity index is 2.15. The molecular weight excluding hydrogens is 272 g/mol. The molecule has 2 rings (SSSR count). The molecule has 0 fully saturated rings. The van der Waals surface area contributed by atoms with E-state index in [9.17, 15) is 10.1 Å². The maximum absolute atomic E-state index is 11.0. The van der Waals surface area contributed by atoms with Crippen LogP contribution in [0.5, 0.6) is 0 Å². The fourth-order valence-electron chi connectivity index (χ4n) is 1.81. The van der Waals surface area contributed by atoms with Gasteiger partial charge in [-0.3, -0.25) is 14.8 Å². The molecule has 0 aromatic carbocycles. The summed E-state index contributed by atoms with van der Waals surface area (Å²) in [5.41, 5.74) is 0.744. The third kappa shape index (κ3) is 3.91. The van der Waals surface area contributed by atoms with Crippen molar-refractivity contribution in [3.05, 3.63) is 40.2 Å². The monoisotopic (exact) mass is 290 g/mol. The molecule has 8 heteroatoms. The zero-order valence-electron chi connectivity index (χ0n) is 12.0. The first-order valence-corrected chi connectivity index (χ1v) is 6.72. The van der Waals surface area contributed by atoms with E-state index in [0.717, 1.165) is 18.7 Å². The third-order valence-electron chi connectivity index (χ3n) is 2.83. The molecule has 0 amide bonds. The van der Waals surface area contributed by atoms with E-state index in [0.29, 0.717) is 12.4 Å². The summed E-state index contributed by atoms with van der Waals surface area (Å²) in [7, 11) is 1.82. The average molecular weight is 290 g/mol. The van der Waals surface area contributed by atoms with Gasteiger partial charge in [-0.2, -0.15) is 5.10 Å². The zero-order chi connectivity index (χ0) is 15.2. The molecule has 0 saturated heterocycles. The Bertz CT molecular complexity index is 625. The van der Waals surface area contributed by atoms with Crippen molar-refractivity contribution in [3.63, 3.8) is 0 Å². The van der Waals surface area contributed by atoms with Gasteiger partial charge >= 0.3 is 5.69 Å². The van der Waals surface area contributed by atoms with E-state index in [1.54, 1.807) is 10.7 Å². The van der Waals surface area contributed by atoms with Crippen molar-refractivity contribution in [1.82, 2.24) is 14.8 Å². The molecule has 21 heavy (non-hydrogen) atoms. The van der Waals surface area contributed by atoms with Crippen LogP contribution < -0.4 is 10.6 Å². The van der Waals surface area contributed by atoms with E-state index < -0.39 is 4.92 Å². The number of rotatable bonds is 7. The maximum Gasteiger partial charge on any atom is 0.311 e. The highest BCUT2D eigenvalue weighted by Gasteiger charge is 2.16. The number of hydrogen-bond donors (Lipinski definition) is 2. The summed E-state index contributed by atoms with van der Waals surface area (Å²) < 4.78 is 1.68. The van der Waals surface area contributed by atoms with Crippen LogP contribution in [0.2, 0.25) is 0 Å². The van der Waals surface area contributed by atoms with E-state index in [2.05, 4.69) is 20.7 Å². The lowest BCUT2D eigenvalue weighted by Gasteiger charge is -2.08. The lowest BCUT2D eigenvalue weighted by Crippen LogP contribution is -2.08. The molecule has 0 unspecified atom stereocenters. The van der Waals surface area contributed by atoms with Gasteiger partial charge in [0.15, 0.2) is 0 Å². The first-order valence-electron chi connectivity index (χ1n) is 6.72. The second-order valence-corrected chi connectivity index (χ2v) is 4.58. The molecule has 2 aromatic heterocycles. The first-order chi connectivity index (χ1) is 10.1. The van der Waals surface area contributed by atoms with Crippen molar-refractivity contribution in [2.45, 2.75) is 19.9 Å². The molecular formula is C13H18N6O2. The molecule has 0 aliphatic heterocycles. The smallest absolute Gasteiger partial charge is 0.311 e. The van der Waals surface area contributed by atoms with Crippen LogP contribution in [0.25, 0.3) is 0 Å². The summed E-state index contributed by atoms with van der Waals surface area (Å²) in [5, 5.41) is 21.3. The molecule has 2 N–H and O–H groups in total. The van der Waals surface area contributed by atoms with Gasteiger partial charge in [-0.25, -0.2) is 4.98 Å². The zero-order valence-corrected chi connectivity index (χ0v) is 12.0. The number of pyridine rings is 1. The third-order valence-corrected chi connectivity index (χ3v) is 2.83. The van der Waals surface area contributed by atoms with Crippen molar-refractivity contribution in [2.24, 2.45) is 7.05 Å². The maximum atomic E-state index is 11.0. The number of anilines is 2. The molecule has 2 heterocycles. The van der Waals surface area contributed by atoms with Crippen molar-refractivity contribution in [2.75, 3.05) is 17.2 Å². The van der Waals surface area contributed by atoms with Gasteiger partial charge in [-0.15, -0.1) is 0 Å². The summed E-state index contributed by atoms with van der Waals surface area (Å²) in [6, 6.07) is 4.91. The number of aromatic nitrogens is 3. The van der Waals surface area contributed by atoms with Crippen LogP contribution in [0.4, 0.5) is 17.3 Å². The normalized spacial score (nSPS) is 10.4. The largest absolute Gasteiger partial charge is 0.370 e. The van der Waals surface area contributed by atoms with Crippen molar-refractivity contribution in [1.29, 1.82) is 0 Å². The summed E-state index contributed by atoms with van der Waals surface area (Å²) >= 11 is 0. The number of hydrogen-bond acceptors (Lipinski definition) is 6. The van der Waals surface area contributed by atoms with Gasteiger partial charge in [0.05, 0.1) is 17.2 Å². The van der Waals surface area contributed by atoms with Crippen LogP contribution in [0, 0.1) is 10.1 Å².